The van der Waals surface area contributed by atoms with Crippen LogP contribution in [0.15, 0.2) is 41.5 Å². The zero-order valence-electron chi connectivity index (χ0n) is 11.9. The first-order valence-corrected chi connectivity index (χ1v) is 7.34. The smallest absolute Gasteiger partial charge is 0.251 e. The molecule has 1 saturated carbocycles. The quantitative estimate of drug-likeness (QED) is 0.853. The number of rotatable bonds is 5. The summed E-state index contributed by atoms with van der Waals surface area (Å²) in [6.45, 7) is 4.04. The molecule has 0 unspecified atom stereocenters. The Morgan fingerprint density at radius 3 is 3.00 bits per heavy atom. The van der Waals surface area contributed by atoms with E-state index >= 15 is 0 Å². The second kappa shape index (κ2) is 6.04. The lowest BCUT2D eigenvalue weighted by Crippen LogP contribution is -2.32. The van der Waals surface area contributed by atoms with Crippen molar-refractivity contribution in [3.8, 4) is 5.75 Å². The highest BCUT2D eigenvalue weighted by molar-refractivity contribution is 5.99. The summed E-state index contributed by atoms with van der Waals surface area (Å²) in [5.41, 5.74) is 1.23. The van der Waals surface area contributed by atoms with Crippen molar-refractivity contribution >= 4 is 16.9 Å². The molecule has 0 saturated heterocycles. The van der Waals surface area contributed by atoms with Gasteiger partial charge in [0.25, 0.3) is 5.91 Å². The third-order valence-electron chi connectivity index (χ3n) is 3.84. The SMILES string of the molecule is C=CCOc1cc(C(=O)NC2CCCC2)cc2occc12. The molecule has 0 atom stereocenters. The molecule has 0 bridgehead atoms. The predicted molar refractivity (Wildman–Crippen MR) is 81.6 cm³/mol. The van der Waals surface area contributed by atoms with Gasteiger partial charge in [0.15, 0.2) is 0 Å². The summed E-state index contributed by atoms with van der Waals surface area (Å²) in [6.07, 6.45) is 7.79. The maximum Gasteiger partial charge on any atom is 0.251 e. The van der Waals surface area contributed by atoms with E-state index in [0.717, 1.165) is 18.2 Å². The average Bonchev–Trinajstić information content (AvgIpc) is 3.15. The fourth-order valence-corrected chi connectivity index (χ4v) is 2.78. The van der Waals surface area contributed by atoms with E-state index in [4.69, 9.17) is 9.15 Å². The molecule has 1 aromatic heterocycles. The molecule has 3 rings (SSSR count). The van der Waals surface area contributed by atoms with Gasteiger partial charge in [0.05, 0.1) is 11.6 Å². The van der Waals surface area contributed by atoms with Gasteiger partial charge in [0, 0.05) is 11.6 Å². The van der Waals surface area contributed by atoms with Crippen molar-refractivity contribution in [1.82, 2.24) is 5.32 Å². The molecule has 110 valence electrons. The molecular weight excluding hydrogens is 266 g/mol. The van der Waals surface area contributed by atoms with Crippen LogP contribution in [-0.4, -0.2) is 18.6 Å². The van der Waals surface area contributed by atoms with Crippen LogP contribution in [0.1, 0.15) is 36.0 Å². The van der Waals surface area contributed by atoms with E-state index in [1.807, 2.05) is 6.07 Å². The van der Waals surface area contributed by atoms with Crippen LogP contribution in [0.4, 0.5) is 0 Å². The molecule has 1 amide bonds. The summed E-state index contributed by atoms with van der Waals surface area (Å²) in [4.78, 5) is 12.4. The lowest BCUT2D eigenvalue weighted by atomic mass is 10.1. The van der Waals surface area contributed by atoms with Gasteiger partial charge in [-0.15, -0.1) is 0 Å². The number of hydrogen-bond donors (Lipinski definition) is 1. The molecule has 4 heteroatoms. The van der Waals surface area contributed by atoms with Crippen molar-refractivity contribution in [2.75, 3.05) is 6.61 Å². The highest BCUT2D eigenvalue weighted by atomic mass is 16.5. The monoisotopic (exact) mass is 285 g/mol. The van der Waals surface area contributed by atoms with Gasteiger partial charge in [-0.1, -0.05) is 25.5 Å². The van der Waals surface area contributed by atoms with Gasteiger partial charge in [-0.25, -0.2) is 0 Å². The lowest BCUT2D eigenvalue weighted by molar-refractivity contribution is 0.0937. The normalized spacial score (nSPS) is 15.2. The minimum Gasteiger partial charge on any atom is -0.489 e. The summed E-state index contributed by atoms with van der Waals surface area (Å²) < 4.78 is 11.0. The Labute approximate surface area is 123 Å². The van der Waals surface area contributed by atoms with Gasteiger partial charge in [0.2, 0.25) is 0 Å². The molecule has 1 N–H and O–H groups in total. The summed E-state index contributed by atoms with van der Waals surface area (Å²) in [5, 5.41) is 3.95. The Morgan fingerprint density at radius 2 is 2.24 bits per heavy atom. The van der Waals surface area contributed by atoms with E-state index in [9.17, 15) is 4.79 Å². The van der Waals surface area contributed by atoms with Crippen molar-refractivity contribution in [1.29, 1.82) is 0 Å². The molecular formula is C17H19NO3. The maximum atomic E-state index is 12.4. The predicted octanol–water partition coefficient (Wildman–Crippen LogP) is 3.67. The van der Waals surface area contributed by atoms with Gasteiger partial charge in [-0.2, -0.15) is 0 Å². The molecule has 0 spiro atoms. The lowest BCUT2D eigenvalue weighted by Gasteiger charge is -2.13. The summed E-state index contributed by atoms with van der Waals surface area (Å²) in [6, 6.07) is 5.67. The highest BCUT2D eigenvalue weighted by Crippen LogP contribution is 2.29. The molecule has 4 nitrogen and oxygen atoms in total. The largest absolute Gasteiger partial charge is 0.489 e. The Balaban J connectivity index is 1.86. The molecule has 0 radical (unpaired) electrons. The van der Waals surface area contributed by atoms with E-state index in [1.165, 1.54) is 12.8 Å². The first-order valence-electron chi connectivity index (χ1n) is 7.34. The summed E-state index contributed by atoms with van der Waals surface area (Å²) in [7, 11) is 0. The third-order valence-corrected chi connectivity index (χ3v) is 3.84. The first-order chi connectivity index (χ1) is 10.3. The number of amides is 1. The van der Waals surface area contributed by atoms with Crippen LogP contribution >= 0.6 is 0 Å². The van der Waals surface area contributed by atoms with E-state index < -0.39 is 0 Å². The van der Waals surface area contributed by atoms with E-state index in [0.29, 0.717) is 29.5 Å². The van der Waals surface area contributed by atoms with Crippen LogP contribution in [-0.2, 0) is 0 Å². The molecule has 1 aliphatic carbocycles. The topological polar surface area (TPSA) is 51.5 Å². The molecule has 0 aliphatic heterocycles. The Hall–Kier alpha value is -2.23. The van der Waals surface area contributed by atoms with Crippen LogP contribution in [0.5, 0.6) is 5.75 Å². The molecule has 1 heterocycles. The maximum absolute atomic E-state index is 12.4. The number of furan rings is 1. The second-order valence-electron chi connectivity index (χ2n) is 5.36. The zero-order chi connectivity index (χ0) is 14.7. The van der Waals surface area contributed by atoms with Gasteiger partial charge >= 0.3 is 0 Å². The summed E-state index contributed by atoms with van der Waals surface area (Å²) in [5.74, 6) is 0.585. The Kier molecular flexibility index (Phi) is 3.95. The van der Waals surface area contributed by atoms with Gasteiger partial charge in [0.1, 0.15) is 17.9 Å². The van der Waals surface area contributed by atoms with Crippen LogP contribution in [0.2, 0.25) is 0 Å². The van der Waals surface area contributed by atoms with Crippen molar-refractivity contribution in [3.63, 3.8) is 0 Å². The van der Waals surface area contributed by atoms with Crippen molar-refractivity contribution in [3.05, 3.63) is 42.7 Å². The van der Waals surface area contributed by atoms with Gasteiger partial charge in [-0.3, -0.25) is 4.79 Å². The standard InChI is InChI=1S/C17H19NO3/c1-2-8-20-15-10-12(11-16-14(15)7-9-21-16)17(19)18-13-5-3-4-6-13/h2,7,9-11,13H,1,3-6,8H2,(H,18,19). The fourth-order valence-electron chi connectivity index (χ4n) is 2.78. The third kappa shape index (κ3) is 2.94. The highest BCUT2D eigenvalue weighted by Gasteiger charge is 2.19. The Morgan fingerprint density at radius 1 is 1.43 bits per heavy atom. The number of benzene rings is 1. The molecule has 1 aliphatic rings. The molecule has 2 aromatic rings. The first kappa shape index (κ1) is 13.7. The molecule has 21 heavy (non-hydrogen) atoms. The average molecular weight is 285 g/mol. The molecule has 1 fully saturated rings. The van der Waals surface area contributed by atoms with Crippen LogP contribution in [0, 0.1) is 0 Å². The van der Waals surface area contributed by atoms with Crippen LogP contribution in [0.25, 0.3) is 11.0 Å². The van der Waals surface area contributed by atoms with Crippen molar-refractivity contribution in [2.45, 2.75) is 31.7 Å². The number of carbonyl (C=O) groups excluding carboxylic acids is 1. The van der Waals surface area contributed by atoms with E-state index in [1.54, 1.807) is 24.5 Å². The van der Waals surface area contributed by atoms with E-state index in [2.05, 4.69) is 11.9 Å². The van der Waals surface area contributed by atoms with Crippen LogP contribution in [0.3, 0.4) is 0 Å². The minimum atomic E-state index is -0.0661. The minimum absolute atomic E-state index is 0.0661. The second-order valence-corrected chi connectivity index (χ2v) is 5.36. The number of carbonyl (C=O) groups is 1. The summed E-state index contributed by atoms with van der Waals surface area (Å²) >= 11 is 0. The van der Waals surface area contributed by atoms with Crippen molar-refractivity contribution < 1.29 is 13.9 Å². The zero-order valence-corrected chi connectivity index (χ0v) is 11.9. The van der Waals surface area contributed by atoms with Gasteiger partial charge < -0.3 is 14.5 Å². The number of fused-ring (bicyclic) bond motifs is 1. The van der Waals surface area contributed by atoms with Crippen molar-refractivity contribution in [2.24, 2.45) is 0 Å². The van der Waals surface area contributed by atoms with Crippen LogP contribution < -0.4 is 10.1 Å². The number of hydrogen-bond acceptors (Lipinski definition) is 3. The number of nitrogens with one attached hydrogen (secondary N) is 1. The number of ether oxygens (including phenoxy) is 1. The van der Waals surface area contributed by atoms with E-state index in [-0.39, 0.29) is 5.91 Å². The molecule has 1 aromatic carbocycles. The van der Waals surface area contributed by atoms with Gasteiger partial charge in [-0.05, 0) is 31.0 Å². The fraction of sp³-hybridized carbons (Fsp3) is 0.353. The Bertz CT molecular complexity index is 653.